The number of halogens is 5. The molecule has 0 spiro atoms. The molecule has 0 saturated carbocycles. The topological polar surface area (TPSA) is 64.4 Å². The highest BCUT2D eigenvalue weighted by atomic mass is 35.5. The number of anilines is 1. The van der Waals surface area contributed by atoms with Gasteiger partial charge in [-0.25, -0.2) is 0 Å². The molecule has 0 heterocycles. The molecule has 1 atom stereocenters. The van der Waals surface area contributed by atoms with Crippen molar-refractivity contribution in [3.63, 3.8) is 0 Å². The molecule has 22 heavy (non-hydrogen) atoms. The van der Waals surface area contributed by atoms with Gasteiger partial charge in [0.15, 0.2) is 6.61 Å². The first kappa shape index (κ1) is 20.8. The Hall–Kier alpha value is -1.18. The van der Waals surface area contributed by atoms with Gasteiger partial charge in [0.2, 0.25) is 5.91 Å². The van der Waals surface area contributed by atoms with Crippen LogP contribution in [0.2, 0.25) is 5.02 Å². The van der Waals surface area contributed by atoms with Gasteiger partial charge >= 0.3 is 6.18 Å². The van der Waals surface area contributed by atoms with Crippen LogP contribution in [0.1, 0.15) is 19.8 Å². The molecule has 3 N–H and O–H groups in total. The number of carbonyl (C=O) groups is 1. The Labute approximate surface area is 137 Å². The fraction of sp³-hybridized carbons (Fsp3) is 0.462. The van der Waals surface area contributed by atoms with Gasteiger partial charge in [-0.2, -0.15) is 13.2 Å². The van der Waals surface area contributed by atoms with Crippen molar-refractivity contribution in [2.45, 2.75) is 32.0 Å². The van der Waals surface area contributed by atoms with Crippen LogP contribution in [0.15, 0.2) is 18.2 Å². The predicted molar refractivity (Wildman–Crippen MR) is 81.8 cm³/mol. The number of hydrogen-bond acceptors (Lipinski definition) is 3. The van der Waals surface area contributed by atoms with E-state index < -0.39 is 24.7 Å². The third kappa shape index (κ3) is 7.20. The number of benzene rings is 1. The molecule has 0 aliphatic carbocycles. The molecule has 4 nitrogen and oxygen atoms in total. The largest absolute Gasteiger partial charge is 0.482 e. The maximum absolute atomic E-state index is 12.2. The van der Waals surface area contributed by atoms with Crippen LogP contribution < -0.4 is 15.8 Å². The number of alkyl halides is 3. The van der Waals surface area contributed by atoms with Gasteiger partial charge in [-0.1, -0.05) is 24.9 Å². The van der Waals surface area contributed by atoms with Crippen LogP contribution in [0.4, 0.5) is 18.9 Å². The number of hydrogen-bond donors (Lipinski definition) is 2. The average molecular weight is 361 g/mol. The Morgan fingerprint density at radius 2 is 2.09 bits per heavy atom. The number of carbonyl (C=O) groups excluding carboxylic acids is 1. The molecule has 0 saturated heterocycles. The summed E-state index contributed by atoms with van der Waals surface area (Å²) in [5.74, 6) is -0.645. The lowest BCUT2D eigenvalue weighted by atomic mass is 10.1. The lowest BCUT2D eigenvalue weighted by Gasteiger charge is -2.16. The van der Waals surface area contributed by atoms with Gasteiger partial charge in [-0.15, -0.1) is 12.4 Å². The average Bonchev–Trinajstić information content (AvgIpc) is 2.38. The monoisotopic (exact) mass is 360 g/mol. The molecule has 0 radical (unpaired) electrons. The van der Waals surface area contributed by atoms with Crippen LogP contribution in [0, 0.1) is 0 Å². The van der Waals surface area contributed by atoms with E-state index >= 15 is 0 Å². The Morgan fingerprint density at radius 1 is 1.45 bits per heavy atom. The number of nitrogens with one attached hydrogen (secondary N) is 1. The van der Waals surface area contributed by atoms with E-state index in [0.29, 0.717) is 12.8 Å². The quantitative estimate of drug-likeness (QED) is 0.811. The van der Waals surface area contributed by atoms with Crippen molar-refractivity contribution in [3.05, 3.63) is 23.2 Å². The second-order valence-corrected chi connectivity index (χ2v) is 4.87. The highest BCUT2D eigenvalue weighted by Crippen LogP contribution is 2.30. The maximum atomic E-state index is 12.2. The third-order valence-corrected chi connectivity index (χ3v) is 2.76. The van der Waals surface area contributed by atoms with Crippen LogP contribution in [0.5, 0.6) is 5.75 Å². The summed E-state index contributed by atoms with van der Waals surface area (Å²) in [6, 6.07) is 3.27. The molecule has 0 fully saturated rings. The van der Waals surface area contributed by atoms with E-state index in [2.05, 4.69) is 10.1 Å². The Bertz CT molecular complexity index is 499. The van der Waals surface area contributed by atoms with Crippen LogP contribution in [0.25, 0.3) is 0 Å². The van der Waals surface area contributed by atoms with E-state index in [1.165, 1.54) is 18.2 Å². The highest BCUT2D eigenvalue weighted by molar-refractivity contribution is 6.30. The highest BCUT2D eigenvalue weighted by Gasteiger charge is 2.29. The summed E-state index contributed by atoms with van der Waals surface area (Å²) in [6.45, 7) is 0.393. The zero-order valence-electron chi connectivity index (χ0n) is 11.7. The van der Waals surface area contributed by atoms with Crippen LogP contribution >= 0.6 is 24.0 Å². The Morgan fingerprint density at radius 3 is 2.64 bits per heavy atom. The summed E-state index contributed by atoms with van der Waals surface area (Å²) >= 11 is 5.72. The lowest BCUT2D eigenvalue weighted by Crippen LogP contribution is -2.35. The number of rotatable bonds is 6. The summed E-state index contributed by atoms with van der Waals surface area (Å²) < 4.78 is 41.3. The van der Waals surface area contributed by atoms with Gasteiger partial charge in [0.05, 0.1) is 11.7 Å². The molecule has 1 aromatic rings. The molecule has 9 heteroatoms. The van der Waals surface area contributed by atoms with Crippen LogP contribution in [-0.4, -0.2) is 24.7 Å². The smallest absolute Gasteiger partial charge is 0.422 e. The van der Waals surface area contributed by atoms with E-state index in [0.717, 1.165) is 0 Å². The van der Waals surface area contributed by atoms with E-state index in [1.807, 2.05) is 6.92 Å². The molecular formula is C13H17Cl2F3N2O2. The second kappa shape index (κ2) is 9.07. The summed E-state index contributed by atoms with van der Waals surface area (Å²) in [5, 5.41) is 2.64. The first-order valence-corrected chi connectivity index (χ1v) is 6.66. The van der Waals surface area contributed by atoms with Gasteiger partial charge < -0.3 is 15.8 Å². The molecule has 0 aliphatic rings. The fourth-order valence-electron chi connectivity index (χ4n) is 1.55. The van der Waals surface area contributed by atoms with Crippen LogP contribution in [0.3, 0.4) is 0 Å². The predicted octanol–water partition coefficient (Wildman–Crippen LogP) is 3.77. The Balaban J connectivity index is 0.00000441. The molecule has 1 aromatic carbocycles. The van der Waals surface area contributed by atoms with Crippen molar-refractivity contribution in [2.24, 2.45) is 5.73 Å². The van der Waals surface area contributed by atoms with Crippen molar-refractivity contribution in [1.29, 1.82) is 0 Å². The van der Waals surface area contributed by atoms with E-state index in [-0.39, 0.29) is 28.9 Å². The number of amides is 1. The molecule has 0 aliphatic heterocycles. The van der Waals surface area contributed by atoms with Crippen LogP contribution in [-0.2, 0) is 4.79 Å². The normalized spacial score (nSPS) is 12.3. The van der Waals surface area contributed by atoms with Gasteiger partial charge in [0.1, 0.15) is 5.75 Å². The first-order valence-electron chi connectivity index (χ1n) is 6.28. The summed E-state index contributed by atoms with van der Waals surface area (Å²) in [7, 11) is 0. The van der Waals surface area contributed by atoms with Gasteiger partial charge in [0.25, 0.3) is 0 Å². The lowest BCUT2D eigenvalue weighted by molar-refractivity contribution is -0.153. The zero-order valence-corrected chi connectivity index (χ0v) is 13.3. The summed E-state index contributed by atoms with van der Waals surface area (Å²) in [6.07, 6.45) is -3.30. The Kier molecular flexibility index (Phi) is 8.58. The van der Waals surface area contributed by atoms with E-state index in [4.69, 9.17) is 17.3 Å². The van der Waals surface area contributed by atoms with Gasteiger partial charge in [-0.05, 0) is 18.6 Å². The summed E-state index contributed by atoms with van der Waals surface area (Å²) in [5.41, 5.74) is 5.74. The standard InChI is InChI=1S/C13H16ClF3N2O2.ClH/c1-2-3-9(18)12(20)19-10-5-4-8(14)6-11(10)21-7-13(15,16)17;/h4-6,9H,2-3,7,18H2,1H3,(H,19,20);1H. The molecule has 0 aromatic heterocycles. The molecule has 1 rings (SSSR count). The molecular weight excluding hydrogens is 344 g/mol. The van der Waals surface area contributed by atoms with Crippen molar-refractivity contribution in [2.75, 3.05) is 11.9 Å². The molecule has 126 valence electrons. The number of nitrogens with two attached hydrogens (primary N) is 1. The zero-order chi connectivity index (χ0) is 16.0. The molecule has 1 amide bonds. The first-order chi connectivity index (χ1) is 9.73. The number of ether oxygens (including phenoxy) is 1. The van der Waals surface area contributed by atoms with Gasteiger partial charge in [-0.3, -0.25) is 4.79 Å². The second-order valence-electron chi connectivity index (χ2n) is 4.43. The van der Waals surface area contributed by atoms with Gasteiger partial charge in [0, 0.05) is 11.1 Å². The van der Waals surface area contributed by atoms with E-state index in [9.17, 15) is 18.0 Å². The van der Waals surface area contributed by atoms with Crippen molar-refractivity contribution < 1.29 is 22.7 Å². The minimum absolute atomic E-state index is 0. The minimum Gasteiger partial charge on any atom is -0.482 e. The molecule has 0 bridgehead atoms. The molecule has 1 unspecified atom stereocenters. The van der Waals surface area contributed by atoms with Crippen molar-refractivity contribution >= 4 is 35.6 Å². The van der Waals surface area contributed by atoms with E-state index in [1.54, 1.807) is 0 Å². The maximum Gasteiger partial charge on any atom is 0.422 e. The summed E-state index contributed by atoms with van der Waals surface area (Å²) in [4.78, 5) is 11.8. The minimum atomic E-state index is -4.48. The fourth-order valence-corrected chi connectivity index (χ4v) is 1.71. The third-order valence-electron chi connectivity index (χ3n) is 2.53. The SMILES string of the molecule is CCCC(N)C(=O)Nc1ccc(Cl)cc1OCC(F)(F)F.Cl. The van der Waals surface area contributed by atoms with Crippen molar-refractivity contribution in [1.82, 2.24) is 0 Å². The van der Waals surface area contributed by atoms with Crippen molar-refractivity contribution in [3.8, 4) is 5.75 Å².